The number of carbonyl (C=O) groups is 1. The number of aromatic nitrogens is 3. The molecule has 0 spiro atoms. The van der Waals surface area contributed by atoms with Crippen LogP contribution in [0, 0.1) is 5.92 Å². The Balaban J connectivity index is 1.83. The molecule has 116 valence electrons. The van der Waals surface area contributed by atoms with E-state index in [2.05, 4.69) is 33.5 Å². The van der Waals surface area contributed by atoms with E-state index in [-0.39, 0.29) is 5.75 Å². The number of thioether (sulfide) groups is 1. The molecule has 2 aliphatic carbocycles. The van der Waals surface area contributed by atoms with Gasteiger partial charge in [0, 0.05) is 18.6 Å². The van der Waals surface area contributed by atoms with Crippen LogP contribution >= 0.6 is 11.8 Å². The number of carboxylic acid groups (broad SMARTS) is 1. The summed E-state index contributed by atoms with van der Waals surface area (Å²) in [5.41, 5.74) is 0. The van der Waals surface area contributed by atoms with Crippen LogP contribution in [0.25, 0.3) is 0 Å². The second-order valence-corrected chi connectivity index (χ2v) is 7.20. The Hall–Kier alpha value is -1.24. The van der Waals surface area contributed by atoms with Crippen LogP contribution in [-0.4, -0.2) is 44.2 Å². The third-order valence-electron chi connectivity index (χ3n) is 3.92. The normalized spacial score (nSPS) is 18.2. The van der Waals surface area contributed by atoms with Crippen molar-refractivity contribution in [2.24, 2.45) is 5.92 Å². The lowest BCUT2D eigenvalue weighted by Crippen LogP contribution is -2.35. The maximum absolute atomic E-state index is 10.8. The molecule has 2 fully saturated rings. The Kier molecular flexibility index (Phi) is 4.10. The number of aliphatic carboxylic acids is 1. The number of carboxylic acids is 1. The van der Waals surface area contributed by atoms with E-state index in [1.165, 1.54) is 24.6 Å². The minimum Gasteiger partial charge on any atom is -0.481 e. The van der Waals surface area contributed by atoms with E-state index in [1.807, 2.05) is 0 Å². The van der Waals surface area contributed by atoms with Crippen molar-refractivity contribution >= 4 is 23.7 Å². The Bertz CT molecular complexity index is 523. The second kappa shape index (κ2) is 5.87. The average molecular weight is 310 g/mol. The van der Waals surface area contributed by atoms with Crippen LogP contribution < -0.4 is 4.90 Å². The van der Waals surface area contributed by atoms with E-state index >= 15 is 0 Å². The third kappa shape index (κ3) is 3.51. The fourth-order valence-corrected chi connectivity index (χ4v) is 3.17. The van der Waals surface area contributed by atoms with Gasteiger partial charge in [0.15, 0.2) is 5.16 Å². The fourth-order valence-electron chi connectivity index (χ4n) is 2.44. The quantitative estimate of drug-likeness (QED) is 0.744. The Labute approximate surface area is 128 Å². The summed E-state index contributed by atoms with van der Waals surface area (Å²) in [5, 5.41) is 18.2. The minimum absolute atomic E-state index is 0.0369. The van der Waals surface area contributed by atoms with E-state index in [0.717, 1.165) is 36.4 Å². The van der Waals surface area contributed by atoms with Gasteiger partial charge in [-0.3, -0.25) is 9.36 Å². The fraction of sp³-hybridized carbons (Fsp3) is 0.786. The molecule has 1 heterocycles. The molecule has 6 nitrogen and oxygen atoms in total. The van der Waals surface area contributed by atoms with Crippen LogP contribution in [0.1, 0.15) is 45.6 Å². The molecule has 7 heteroatoms. The summed E-state index contributed by atoms with van der Waals surface area (Å²) in [6.45, 7) is 5.39. The molecule has 2 aliphatic rings. The van der Waals surface area contributed by atoms with Gasteiger partial charge in [0.25, 0.3) is 0 Å². The minimum atomic E-state index is -0.814. The highest BCUT2D eigenvalue weighted by Crippen LogP contribution is 2.42. The van der Waals surface area contributed by atoms with Crippen molar-refractivity contribution in [3.8, 4) is 0 Å². The number of hydrogen-bond donors (Lipinski definition) is 1. The SMILES string of the molecule is CC(C)N(CC1CC1)c1nnc(SCC(=O)O)n1C1CC1. The van der Waals surface area contributed by atoms with Gasteiger partial charge in [-0.1, -0.05) is 11.8 Å². The van der Waals surface area contributed by atoms with Crippen molar-refractivity contribution in [2.45, 2.75) is 56.8 Å². The van der Waals surface area contributed by atoms with E-state index in [0.29, 0.717) is 12.1 Å². The summed E-state index contributed by atoms with van der Waals surface area (Å²) < 4.78 is 2.16. The zero-order valence-electron chi connectivity index (χ0n) is 12.5. The van der Waals surface area contributed by atoms with Crippen molar-refractivity contribution in [2.75, 3.05) is 17.2 Å². The van der Waals surface area contributed by atoms with E-state index in [9.17, 15) is 4.79 Å². The van der Waals surface area contributed by atoms with Gasteiger partial charge in [0.1, 0.15) is 0 Å². The van der Waals surface area contributed by atoms with E-state index in [4.69, 9.17) is 5.11 Å². The van der Waals surface area contributed by atoms with Crippen LogP contribution in [0.2, 0.25) is 0 Å². The summed E-state index contributed by atoms with van der Waals surface area (Å²) >= 11 is 1.27. The van der Waals surface area contributed by atoms with Crippen LogP contribution in [0.3, 0.4) is 0 Å². The summed E-state index contributed by atoms with van der Waals surface area (Å²) in [5.74, 6) is 0.930. The molecule has 1 N–H and O–H groups in total. The van der Waals surface area contributed by atoms with Gasteiger partial charge in [-0.25, -0.2) is 0 Å². The Morgan fingerprint density at radius 2 is 2.10 bits per heavy atom. The molecule has 1 aromatic heterocycles. The van der Waals surface area contributed by atoms with Crippen LogP contribution in [0.4, 0.5) is 5.95 Å². The van der Waals surface area contributed by atoms with Gasteiger partial charge in [-0.05, 0) is 45.4 Å². The molecule has 0 unspecified atom stereocenters. The molecule has 0 radical (unpaired) electrons. The topological polar surface area (TPSA) is 71.2 Å². The average Bonchev–Trinajstić information content (AvgIpc) is 3.33. The second-order valence-electron chi connectivity index (χ2n) is 6.26. The zero-order chi connectivity index (χ0) is 15.0. The van der Waals surface area contributed by atoms with E-state index < -0.39 is 5.97 Å². The lowest BCUT2D eigenvalue weighted by molar-refractivity contribution is -0.133. The number of hydrogen-bond acceptors (Lipinski definition) is 5. The molecule has 1 aromatic rings. The number of anilines is 1. The van der Waals surface area contributed by atoms with Gasteiger partial charge in [0.05, 0.1) is 5.75 Å². The van der Waals surface area contributed by atoms with Gasteiger partial charge in [-0.2, -0.15) is 0 Å². The Morgan fingerprint density at radius 1 is 1.38 bits per heavy atom. The highest BCUT2D eigenvalue weighted by Gasteiger charge is 2.34. The maximum atomic E-state index is 10.8. The van der Waals surface area contributed by atoms with Gasteiger partial charge in [0.2, 0.25) is 5.95 Å². The van der Waals surface area contributed by atoms with Crippen LogP contribution in [0.15, 0.2) is 5.16 Å². The molecule has 0 aromatic carbocycles. The van der Waals surface area contributed by atoms with Crippen molar-refractivity contribution in [3.63, 3.8) is 0 Å². The molecular formula is C14H22N4O2S. The maximum Gasteiger partial charge on any atom is 0.313 e. The van der Waals surface area contributed by atoms with Crippen molar-refractivity contribution < 1.29 is 9.90 Å². The predicted molar refractivity (Wildman–Crippen MR) is 81.9 cm³/mol. The first-order valence-corrected chi connectivity index (χ1v) is 8.61. The first kappa shape index (κ1) is 14.7. The van der Waals surface area contributed by atoms with Crippen molar-refractivity contribution in [1.29, 1.82) is 0 Å². The van der Waals surface area contributed by atoms with Gasteiger partial charge >= 0.3 is 5.97 Å². The summed E-state index contributed by atoms with van der Waals surface area (Å²) in [4.78, 5) is 13.1. The van der Waals surface area contributed by atoms with Gasteiger partial charge < -0.3 is 10.0 Å². The number of nitrogens with zero attached hydrogens (tertiary/aromatic N) is 4. The lowest BCUT2D eigenvalue weighted by atomic mass is 10.3. The lowest BCUT2D eigenvalue weighted by Gasteiger charge is -2.28. The summed E-state index contributed by atoms with van der Waals surface area (Å²) in [6.07, 6.45) is 4.89. The highest BCUT2D eigenvalue weighted by atomic mass is 32.2. The molecule has 0 saturated heterocycles. The molecule has 3 rings (SSSR count). The van der Waals surface area contributed by atoms with Crippen molar-refractivity contribution in [3.05, 3.63) is 0 Å². The third-order valence-corrected chi connectivity index (χ3v) is 4.84. The van der Waals surface area contributed by atoms with Gasteiger partial charge in [-0.15, -0.1) is 10.2 Å². The standard InChI is InChI=1S/C14H22N4O2S/c1-9(2)17(7-10-3-4-10)13-15-16-14(21-8-12(19)20)18(13)11-5-6-11/h9-11H,3-8H2,1-2H3,(H,19,20). The monoisotopic (exact) mass is 310 g/mol. The molecule has 2 saturated carbocycles. The largest absolute Gasteiger partial charge is 0.481 e. The highest BCUT2D eigenvalue weighted by molar-refractivity contribution is 7.99. The molecule has 0 bridgehead atoms. The molecular weight excluding hydrogens is 288 g/mol. The van der Waals surface area contributed by atoms with E-state index in [1.54, 1.807) is 0 Å². The predicted octanol–water partition coefficient (Wildman–Crippen LogP) is 2.41. The summed E-state index contributed by atoms with van der Waals surface area (Å²) in [6, 6.07) is 0.830. The van der Waals surface area contributed by atoms with Crippen molar-refractivity contribution in [1.82, 2.24) is 14.8 Å². The molecule has 0 aliphatic heterocycles. The smallest absolute Gasteiger partial charge is 0.313 e. The van der Waals surface area contributed by atoms with Crippen LogP contribution in [0.5, 0.6) is 0 Å². The molecule has 0 atom stereocenters. The zero-order valence-corrected chi connectivity index (χ0v) is 13.3. The molecule has 21 heavy (non-hydrogen) atoms. The van der Waals surface area contributed by atoms with Crippen LogP contribution in [-0.2, 0) is 4.79 Å². The first-order valence-electron chi connectivity index (χ1n) is 7.62. The first-order chi connectivity index (χ1) is 10.1. The summed E-state index contributed by atoms with van der Waals surface area (Å²) in [7, 11) is 0. The Morgan fingerprint density at radius 3 is 2.62 bits per heavy atom. The number of rotatable bonds is 8. The molecule has 0 amide bonds.